The van der Waals surface area contributed by atoms with Crippen LogP contribution >= 0.6 is 0 Å². The molecule has 0 amide bonds. The van der Waals surface area contributed by atoms with Crippen LogP contribution in [0.15, 0.2) is 23.1 Å². The maximum Gasteiger partial charge on any atom is 0.274 e. The Labute approximate surface area is 95.2 Å². The number of anilines is 1. The van der Waals surface area contributed by atoms with E-state index in [2.05, 4.69) is 5.32 Å². The highest BCUT2D eigenvalue weighted by Gasteiger charge is 2.39. The largest absolute Gasteiger partial charge is 0.379 e. The van der Waals surface area contributed by atoms with Gasteiger partial charge in [0.1, 0.15) is 5.69 Å². The summed E-state index contributed by atoms with van der Waals surface area (Å²) in [4.78, 5) is 12.1. The molecule has 1 aromatic rings. The average Bonchev–Trinajstić information content (AvgIpc) is 2.99. The summed E-state index contributed by atoms with van der Waals surface area (Å²) in [7, 11) is 1.69. The lowest BCUT2D eigenvalue weighted by Gasteiger charge is -2.11. The van der Waals surface area contributed by atoms with Crippen LogP contribution in [0.5, 0.6) is 0 Å². The van der Waals surface area contributed by atoms with Crippen LogP contribution in [0.4, 0.5) is 5.69 Å². The second-order valence-corrected chi connectivity index (χ2v) is 4.51. The molecule has 1 N–H and O–H groups in total. The minimum absolute atomic E-state index is 0.0424. The maximum atomic E-state index is 12.1. The van der Waals surface area contributed by atoms with Crippen molar-refractivity contribution in [3.8, 4) is 0 Å². The van der Waals surface area contributed by atoms with E-state index in [0.717, 1.165) is 6.42 Å². The van der Waals surface area contributed by atoms with Gasteiger partial charge in [-0.2, -0.15) is 0 Å². The molecule has 2 atom stereocenters. The third-order valence-electron chi connectivity index (χ3n) is 2.78. The van der Waals surface area contributed by atoms with Gasteiger partial charge in [0.05, 0.1) is 12.1 Å². The van der Waals surface area contributed by atoms with Crippen LogP contribution in [0, 0.1) is 0 Å². The number of hydrogen-bond donors (Lipinski definition) is 1. The van der Waals surface area contributed by atoms with E-state index in [0.29, 0.717) is 5.69 Å². The Balaban J connectivity index is 2.24. The second-order valence-electron chi connectivity index (χ2n) is 4.51. The number of nitrogens with one attached hydrogen (secondary N) is 1. The van der Waals surface area contributed by atoms with Gasteiger partial charge in [-0.25, -0.2) is 0 Å². The predicted octanol–water partition coefficient (Wildman–Crippen LogP) is 1.63. The number of ether oxygens (including phenoxy) is 1. The molecule has 2 rings (SSSR count). The highest BCUT2D eigenvalue weighted by atomic mass is 16.5. The standard InChI is InChI=1S/C12H18N2O2/c1-8(2)13-9-5-4-6-14(12(9)15)10-7-11(10)16-3/h4-6,8,10-11,13H,7H2,1-3H3/t10-,11-/m1/s1. The van der Waals surface area contributed by atoms with Crippen molar-refractivity contribution in [2.24, 2.45) is 0 Å². The molecule has 1 heterocycles. The molecule has 1 fully saturated rings. The van der Waals surface area contributed by atoms with E-state index in [-0.39, 0.29) is 23.7 Å². The molecule has 0 aromatic carbocycles. The zero-order chi connectivity index (χ0) is 11.7. The van der Waals surface area contributed by atoms with Crippen molar-refractivity contribution < 1.29 is 4.74 Å². The molecule has 16 heavy (non-hydrogen) atoms. The van der Waals surface area contributed by atoms with Gasteiger partial charge >= 0.3 is 0 Å². The van der Waals surface area contributed by atoms with Gasteiger partial charge < -0.3 is 14.6 Å². The van der Waals surface area contributed by atoms with E-state index >= 15 is 0 Å². The number of nitrogens with zero attached hydrogens (tertiary/aromatic N) is 1. The smallest absolute Gasteiger partial charge is 0.274 e. The fourth-order valence-electron chi connectivity index (χ4n) is 1.90. The summed E-state index contributed by atoms with van der Waals surface area (Å²) in [6.45, 7) is 4.04. The summed E-state index contributed by atoms with van der Waals surface area (Å²) in [5.41, 5.74) is 0.708. The topological polar surface area (TPSA) is 43.3 Å². The number of rotatable bonds is 4. The first-order chi connectivity index (χ1) is 7.63. The van der Waals surface area contributed by atoms with Crippen LogP contribution in [-0.2, 0) is 4.74 Å². The van der Waals surface area contributed by atoms with Gasteiger partial charge in [-0.1, -0.05) is 0 Å². The minimum atomic E-state index is 0.0424. The molecule has 4 heteroatoms. The first-order valence-corrected chi connectivity index (χ1v) is 5.64. The van der Waals surface area contributed by atoms with Crippen LogP contribution < -0.4 is 10.9 Å². The van der Waals surface area contributed by atoms with Gasteiger partial charge in [0.15, 0.2) is 0 Å². The van der Waals surface area contributed by atoms with Gasteiger partial charge in [-0.05, 0) is 32.4 Å². The van der Waals surface area contributed by atoms with Crippen molar-refractivity contribution in [2.45, 2.75) is 38.5 Å². The summed E-state index contributed by atoms with van der Waals surface area (Å²) < 4.78 is 6.99. The predicted molar refractivity (Wildman–Crippen MR) is 63.9 cm³/mol. The lowest BCUT2D eigenvalue weighted by Crippen LogP contribution is -2.25. The van der Waals surface area contributed by atoms with Gasteiger partial charge in [0.2, 0.25) is 0 Å². The summed E-state index contributed by atoms with van der Waals surface area (Å²) in [5.74, 6) is 0. The Bertz CT molecular complexity index is 425. The number of methoxy groups -OCH3 is 1. The van der Waals surface area contributed by atoms with Crippen molar-refractivity contribution in [1.82, 2.24) is 4.57 Å². The lowest BCUT2D eigenvalue weighted by atomic mass is 10.3. The van der Waals surface area contributed by atoms with Crippen LogP contribution in [0.25, 0.3) is 0 Å². The molecular weight excluding hydrogens is 204 g/mol. The Morgan fingerprint density at radius 1 is 1.56 bits per heavy atom. The minimum Gasteiger partial charge on any atom is -0.379 e. The molecule has 0 saturated heterocycles. The molecule has 1 aliphatic carbocycles. The molecule has 0 spiro atoms. The molecule has 0 aliphatic heterocycles. The first-order valence-electron chi connectivity index (χ1n) is 5.64. The van der Waals surface area contributed by atoms with Crippen molar-refractivity contribution in [3.63, 3.8) is 0 Å². The highest BCUT2D eigenvalue weighted by Crippen LogP contribution is 2.37. The van der Waals surface area contributed by atoms with Crippen LogP contribution in [0.2, 0.25) is 0 Å². The Kier molecular flexibility index (Phi) is 3.01. The number of pyridine rings is 1. The zero-order valence-electron chi connectivity index (χ0n) is 9.93. The molecular formula is C12H18N2O2. The van der Waals surface area contributed by atoms with Crippen molar-refractivity contribution in [1.29, 1.82) is 0 Å². The molecule has 0 unspecified atom stereocenters. The van der Waals surface area contributed by atoms with Gasteiger partial charge in [0, 0.05) is 19.3 Å². The summed E-state index contributed by atoms with van der Waals surface area (Å²) in [6.07, 6.45) is 2.96. The monoisotopic (exact) mass is 222 g/mol. The zero-order valence-corrected chi connectivity index (χ0v) is 9.93. The van der Waals surface area contributed by atoms with E-state index in [4.69, 9.17) is 4.74 Å². The fraction of sp³-hybridized carbons (Fsp3) is 0.583. The van der Waals surface area contributed by atoms with Crippen molar-refractivity contribution >= 4 is 5.69 Å². The molecule has 1 aliphatic rings. The fourth-order valence-corrected chi connectivity index (χ4v) is 1.90. The number of hydrogen-bond acceptors (Lipinski definition) is 3. The van der Waals surface area contributed by atoms with Crippen LogP contribution in [-0.4, -0.2) is 23.8 Å². The normalized spacial score (nSPS) is 23.5. The molecule has 1 saturated carbocycles. The second kappa shape index (κ2) is 4.29. The average molecular weight is 222 g/mol. The Hall–Kier alpha value is -1.29. The van der Waals surface area contributed by atoms with E-state index in [9.17, 15) is 4.79 Å². The van der Waals surface area contributed by atoms with Gasteiger partial charge in [-0.3, -0.25) is 4.79 Å². The maximum absolute atomic E-state index is 12.1. The lowest BCUT2D eigenvalue weighted by molar-refractivity contribution is 0.169. The first kappa shape index (κ1) is 11.2. The molecule has 0 bridgehead atoms. The van der Waals surface area contributed by atoms with Crippen molar-refractivity contribution in [2.75, 3.05) is 12.4 Å². The van der Waals surface area contributed by atoms with E-state index in [1.807, 2.05) is 32.2 Å². The molecule has 4 nitrogen and oxygen atoms in total. The van der Waals surface area contributed by atoms with Crippen LogP contribution in [0.3, 0.4) is 0 Å². The van der Waals surface area contributed by atoms with Gasteiger partial charge in [-0.15, -0.1) is 0 Å². The number of aromatic nitrogens is 1. The van der Waals surface area contributed by atoms with Gasteiger partial charge in [0.25, 0.3) is 5.56 Å². The quantitative estimate of drug-likeness (QED) is 0.842. The molecule has 1 aromatic heterocycles. The summed E-state index contributed by atoms with van der Waals surface area (Å²) >= 11 is 0. The van der Waals surface area contributed by atoms with Crippen LogP contribution in [0.1, 0.15) is 26.3 Å². The third kappa shape index (κ3) is 2.11. The van der Waals surface area contributed by atoms with E-state index in [1.165, 1.54) is 0 Å². The Morgan fingerprint density at radius 3 is 2.88 bits per heavy atom. The summed E-state index contributed by atoms with van der Waals surface area (Å²) in [6, 6.07) is 4.20. The SMILES string of the molecule is CO[C@@H]1C[C@H]1n1cccc(NC(C)C)c1=O. The van der Waals surface area contributed by atoms with E-state index < -0.39 is 0 Å². The summed E-state index contributed by atoms with van der Waals surface area (Å²) in [5, 5.41) is 3.15. The highest BCUT2D eigenvalue weighted by molar-refractivity contribution is 5.41. The molecule has 0 radical (unpaired) electrons. The third-order valence-corrected chi connectivity index (χ3v) is 2.78. The van der Waals surface area contributed by atoms with E-state index in [1.54, 1.807) is 11.7 Å². The molecule has 88 valence electrons. The Morgan fingerprint density at radius 2 is 2.31 bits per heavy atom. The van der Waals surface area contributed by atoms with Crippen molar-refractivity contribution in [3.05, 3.63) is 28.7 Å².